The van der Waals surface area contributed by atoms with E-state index < -0.39 is 0 Å². The van der Waals surface area contributed by atoms with Crippen molar-refractivity contribution in [3.63, 3.8) is 0 Å². The van der Waals surface area contributed by atoms with E-state index in [-0.39, 0.29) is 0 Å². The van der Waals surface area contributed by atoms with Gasteiger partial charge in [0, 0.05) is 0 Å². The van der Waals surface area contributed by atoms with Crippen LogP contribution in [0.1, 0.15) is 18.1 Å². The second kappa shape index (κ2) is 3.72. The van der Waals surface area contributed by atoms with E-state index in [0.717, 1.165) is 0 Å². The number of benzene rings is 1. The molecule has 0 aromatic heterocycles. The van der Waals surface area contributed by atoms with E-state index >= 15 is 0 Å². The molecule has 0 N–H and O–H groups in total. The normalized spacial score (nSPS) is 11.2. The minimum Gasteiger partial charge on any atom is -0.298 e. The van der Waals surface area contributed by atoms with Crippen molar-refractivity contribution in [1.82, 2.24) is 4.90 Å². The highest BCUT2D eigenvalue weighted by atomic mass is 15.1. The van der Waals surface area contributed by atoms with Crippen LogP contribution in [0, 0.1) is 13.0 Å². The molecule has 0 atom stereocenters. The van der Waals surface area contributed by atoms with Gasteiger partial charge in [-0.1, -0.05) is 24.3 Å². The third-order valence-electron chi connectivity index (χ3n) is 2.21. The van der Waals surface area contributed by atoms with E-state index in [4.69, 9.17) is 0 Å². The standard InChI is InChI=1S/C11H16N/c1-9-7-5-6-8-11(9)10(2)12(3)4/h5-8H,1-4H3. The third-order valence-corrected chi connectivity index (χ3v) is 2.21. The highest BCUT2D eigenvalue weighted by Crippen LogP contribution is 2.19. The van der Waals surface area contributed by atoms with Crippen LogP contribution in [0.15, 0.2) is 24.3 Å². The molecule has 1 aromatic carbocycles. The maximum absolute atomic E-state index is 2.16. The maximum atomic E-state index is 2.16. The second-order valence-electron chi connectivity index (χ2n) is 3.29. The highest BCUT2D eigenvalue weighted by Gasteiger charge is 2.09. The van der Waals surface area contributed by atoms with Crippen molar-refractivity contribution in [2.45, 2.75) is 13.8 Å². The summed E-state index contributed by atoms with van der Waals surface area (Å²) in [6, 6.07) is 9.76. The summed E-state index contributed by atoms with van der Waals surface area (Å²) in [5, 5.41) is 0. The number of aryl methyl sites for hydroxylation is 1. The Morgan fingerprint density at radius 3 is 2.25 bits per heavy atom. The average Bonchev–Trinajstić information content (AvgIpc) is 2.04. The molecule has 0 aliphatic carbocycles. The van der Waals surface area contributed by atoms with Crippen molar-refractivity contribution in [3.05, 3.63) is 41.4 Å². The van der Waals surface area contributed by atoms with Gasteiger partial charge in [-0.05, 0) is 39.1 Å². The molecule has 65 valence electrons. The van der Waals surface area contributed by atoms with Crippen LogP contribution in [0.25, 0.3) is 0 Å². The molecular weight excluding hydrogens is 146 g/mol. The molecular formula is C11H16N. The fourth-order valence-electron chi connectivity index (χ4n) is 1.22. The van der Waals surface area contributed by atoms with E-state index in [0.29, 0.717) is 0 Å². The Morgan fingerprint density at radius 1 is 1.17 bits per heavy atom. The topological polar surface area (TPSA) is 3.24 Å². The van der Waals surface area contributed by atoms with Crippen LogP contribution in [0.4, 0.5) is 0 Å². The van der Waals surface area contributed by atoms with Gasteiger partial charge in [0.15, 0.2) is 0 Å². The summed E-state index contributed by atoms with van der Waals surface area (Å²) >= 11 is 0. The molecule has 0 saturated heterocycles. The van der Waals surface area contributed by atoms with E-state index in [1.807, 2.05) is 0 Å². The van der Waals surface area contributed by atoms with Gasteiger partial charge in [0.25, 0.3) is 0 Å². The minimum absolute atomic E-state index is 1.31. The lowest BCUT2D eigenvalue weighted by atomic mass is 10.0. The van der Waals surface area contributed by atoms with E-state index in [2.05, 4.69) is 57.1 Å². The quantitative estimate of drug-likeness (QED) is 0.645. The predicted octanol–water partition coefficient (Wildman–Crippen LogP) is 2.46. The zero-order chi connectivity index (χ0) is 9.14. The van der Waals surface area contributed by atoms with Crippen molar-refractivity contribution in [2.24, 2.45) is 0 Å². The lowest BCUT2D eigenvalue weighted by Gasteiger charge is -2.20. The molecule has 0 saturated carbocycles. The fraction of sp³-hybridized carbons (Fsp3) is 0.364. The molecule has 1 rings (SSSR count). The first kappa shape index (κ1) is 9.27. The van der Waals surface area contributed by atoms with Gasteiger partial charge in [-0.25, -0.2) is 0 Å². The zero-order valence-electron chi connectivity index (χ0n) is 8.26. The Hall–Kier alpha value is -0.820. The number of hydrogen-bond donors (Lipinski definition) is 0. The predicted molar refractivity (Wildman–Crippen MR) is 52.9 cm³/mol. The molecule has 0 aliphatic heterocycles. The van der Waals surface area contributed by atoms with Gasteiger partial charge in [-0.3, -0.25) is 4.90 Å². The minimum atomic E-state index is 1.31. The van der Waals surface area contributed by atoms with Gasteiger partial charge in [-0.15, -0.1) is 0 Å². The average molecular weight is 162 g/mol. The van der Waals surface area contributed by atoms with Crippen LogP contribution in [0.2, 0.25) is 0 Å². The lowest BCUT2D eigenvalue weighted by molar-refractivity contribution is 0.449. The Morgan fingerprint density at radius 2 is 1.75 bits per heavy atom. The van der Waals surface area contributed by atoms with Crippen LogP contribution < -0.4 is 0 Å². The van der Waals surface area contributed by atoms with Crippen LogP contribution in [0.3, 0.4) is 0 Å². The molecule has 0 bridgehead atoms. The largest absolute Gasteiger partial charge is 0.298 e. The zero-order valence-corrected chi connectivity index (χ0v) is 8.26. The highest BCUT2D eigenvalue weighted by molar-refractivity contribution is 5.35. The molecule has 0 amide bonds. The Kier molecular flexibility index (Phi) is 2.88. The van der Waals surface area contributed by atoms with Crippen molar-refractivity contribution < 1.29 is 0 Å². The van der Waals surface area contributed by atoms with Gasteiger partial charge in [0.1, 0.15) is 0 Å². The van der Waals surface area contributed by atoms with Crippen LogP contribution in [-0.2, 0) is 0 Å². The van der Waals surface area contributed by atoms with Crippen molar-refractivity contribution in [1.29, 1.82) is 0 Å². The molecule has 0 heterocycles. The van der Waals surface area contributed by atoms with Gasteiger partial charge in [0.2, 0.25) is 0 Å². The Balaban J connectivity index is 2.94. The maximum Gasteiger partial charge on any atom is 0.0654 e. The molecule has 1 aromatic rings. The molecule has 12 heavy (non-hydrogen) atoms. The molecule has 1 radical (unpaired) electrons. The van der Waals surface area contributed by atoms with Gasteiger partial charge < -0.3 is 0 Å². The second-order valence-corrected chi connectivity index (χ2v) is 3.29. The molecule has 0 fully saturated rings. The first-order valence-electron chi connectivity index (χ1n) is 4.20. The van der Waals surface area contributed by atoms with Gasteiger partial charge >= 0.3 is 0 Å². The van der Waals surface area contributed by atoms with Crippen molar-refractivity contribution in [3.8, 4) is 0 Å². The molecule has 0 unspecified atom stereocenters. The number of hydrogen-bond acceptors (Lipinski definition) is 1. The van der Waals surface area contributed by atoms with E-state index in [1.54, 1.807) is 0 Å². The first-order valence-corrected chi connectivity index (χ1v) is 4.20. The summed E-state index contributed by atoms with van der Waals surface area (Å²) in [6.45, 7) is 4.28. The van der Waals surface area contributed by atoms with E-state index in [9.17, 15) is 0 Å². The Bertz CT molecular complexity index is 253. The van der Waals surface area contributed by atoms with Gasteiger partial charge in [-0.2, -0.15) is 0 Å². The lowest BCUT2D eigenvalue weighted by Crippen LogP contribution is -2.18. The summed E-state index contributed by atoms with van der Waals surface area (Å²) in [4.78, 5) is 2.14. The fourth-order valence-corrected chi connectivity index (χ4v) is 1.22. The van der Waals surface area contributed by atoms with Crippen LogP contribution >= 0.6 is 0 Å². The smallest absolute Gasteiger partial charge is 0.0654 e. The van der Waals surface area contributed by atoms with Crippen LogP contribution in [-0.4, -0.2) is 19.0 Å². The van der Waals surface area contributed by atoms with Crippen LogP contribution in [0.5, 0.6) is 0 Å². The molecule has 1 heteroatoms. The van der Waals surface area contributed by atoms with Crippen molar-refractivity contribution >= 4 is 0 Å². The summed E-state index contributed by atoms with van der Waals surface area (Å²) < 4.78 is 0. The SMILES string of the molecule is C[C](c1ccccc1C)N(C)C. The molecule has 0 aliphatic rings. The van der Waals surface area contributed by atoms with Gasteiger partial charge in [0.05, 0.1) is 6.04 Å². The summed E-state index contributed by atoms with van der Waals surface area (Å²) in [7, 11) is 4.14. The summed E-state index contributed by atoms with van der Waals surface area (Å²) in [5.74, 6) is 0. The van der Waals surface area contributed by atoms with Crippen molar-refractivity contribution in [2.75, 3.05) is 14.1 Å². The monoisotopic (exact) mass is 162 g/mol. The number of nitrogens with zero attached hydrogens (tertiary/aromatic N) is 1. The Labute approximate surface area is 75.0 Å². The summed E-state index contributed by atoms with van der Waals surface area (Å²) in [5.41, 5.74) is 2.67. The molecule has 1 nitrogen and oxygen atoms in total. The van der Waals surface area contributed by atoms with E-state index in [1.165, 1.54) is 17.2 Å². The summed E-state index contributed by atoms with van der Waals surface area (Å²) in [6.07, 6.45) is 0. The molecule has 0 spiro atoms. The first-order chi connectivity index (χ1) is 5.63. The number of rotatable bonds is 2. The third kappa shape index (κ3) is 1.86.